The minimum Gasteiger partial charge on any atom is -0.361 e. The number of aromatic nitrogens is 2. The van der Waals surface area contributed by atoms with Crippen LogP contribution in [0.15, 0.2) is 54.9 Å². The predicted octanol–water partition coefficient (Wildman–Crippen LogP) is 3.41. The Hall–Kier alpha value is -2.13. The summed E-state index contributed by atoms with van der Waals surface area (Å²) < 4.78 is 0. The Kier molecular flexibility index (Phi) is 3.29. The molecule has 3 aromatic rings. The van der Waals surface area contributed by atoms with Crippen molar-refractivity contribution in [3.05, 3.63) is 66.1 Å². The molecule has 0 spiro atoms. The highest BCUT2D eigenvalue weighted by Crippen LogP contribution is 2.18. The molecule has 1 atom stereocenters. The van der Waals surface area contributed by atoms with Crippen LogP contribution in [0.1, 0.15) is 24.2 Å². The van der Waals surface area contributed by atoms with Gasteiger partial charge in [0.2, 0.25) is 0 Å². The number of nitrogens with one attached hydrogen (secondary N) is 2. The molecule has 0 aliphatic carbocycles. The Morgan fingerprint density at radius 2 is 2.11 bits per heavy atom. The van der Waals surface area contributed by atoms with Crippen LogP contribution in [-0.2, 0) is 6.54 Å². The van der Waals surface area contributed by atoms with Crippen LogP contribution >= 0.6 is 0 Å². The van der Waals surface area contributed by atoms with Gasteiger partial charge >= 0.3 is 0 Å². The number of fused-ring (bicyclic) bond motifs is 1. The lowest BCUT2D eigenvalue weighted by Crippen LogP contribution is -2.19. The van der Waals surface area contributed by atoms with Crippen LogP contribution in [0.25, 0.3) is 10.9 Å². The van der Waals surface area contributed by atoms with Crippen LogP contribution in [0, 0.1) is 0 Å². The van der Waals surface area contributed by atoms with Gasteiger partial charge in [0, 0.05) is 35.9 Å². The zero-order valence-electron chi connectivity index (χ0n) is 10.9. The Morgan fingerprint density at radius 1 is 1.16 bits per heavy atom. The van der Waals surface area contributed by atoms with Crippen LogP contribution in [-0.4, -0.2) is 9.97 Å². The van der Waals surface area contributed by atoms with Crippen molar-refractivity contribution in [3.8, 4) is 0 Å². The number of H-pyrrole nitrogens is 1. The summed E-state index contributed by atoms with van der Waals surface area (Å²) in [5, 5.41) is 4.80. The highest BCUT2D eigenvalue weighted by molar-refractivity contribution is 5.82. The third kappa shape index (κ3) is 2.51. The van der Waals surface area contributed by atoms with Crippen LogP contribution in [0.5, 0.6) is 0 Å². The third-order valence-electron chi connectivity index (χ3n) is 3.42. The molecule has 2 aromatic heterocycles. The summed E-state index contributed by atoms with van der Waals surface area (Å²) in [4.78, 5) is 7.61. The van der Waals surface area contributed by atoms with Gasteiger partial charge in [0.15, 0.2) is 0 Å². The molecule has 2 heterocycles. The van der Waals surface area contributed by atoms with E-state index in [9.17, 15) is 0 Å². The Morgan fingerprint density at radius 3 is 2.95 bits per heavy atom. The zero-order valence-corrected chi connectivity index (χ0v) is 10.9. The fourth-order valence-corrected chi connectivity index (χ4v) is 2.30. The van der Waals surface area contributed by atoms with Crippen LogP contribution in [0.3, 0.4) is 0 Å². The highest BCUT2D eigenvalue weighted by Gasteiger charge is 2.07. The lowest BCUT2D eigenvalue weighted by Gasteiger charge is -2.13. The van der Waals surface area contributed by atoms with Gasteiger partial charge in [-0.3, -0.25) is 4.98 Å². The summed E-state index contributed by atoms with van der Waals surface area (Å²) >= 11 is 0. The number of hydrogen-bond acceptors (Lipinski definition) is 2. The monoisotopic (exact) mass is 251 g/mol. The molecule has 0 radical (unpaired) electrons. The molecule has 1 aromatic carbocycles. The second kappa shape index (κ2) is 5.24. The van der Waals surface area contributed by atoms with Gasteiger partial charge in [-0.05, 0) is 36.8 Å². The summed E-state index contributed by atoms with van der Waals surface area (Å²) in [6, 6.07) is 14.7. The van der Waals surface area contributed by atoms with Crippen molar-refractivity contribution < 1.29 is 0 Å². The number of nitrogens with zero attached hydrogens (tertiary/aromatic N) is 1. The van der Waals surface area contributed by atoms with E-state index in [4.69, 9.17) is 0 Å². The Balaban J connectivity index is 1.74. The first-order valence-corrected chi connectivity index (χ1v) is 6.54. The maximum absolute atomic E-state index is 4.37. The first-order chi connectivity index (χ1) is 9.34. The van der Waals surface area contributed by atoms with E-state index in [0.29, 0.717) is 0 Å². The number of aromatic amines is 1. The molecule has 0 saturated carbocycles. The number of rotatable bonds is 4. The van der Waals surface area contributed by atoms with E-state index in [2.05, 4.69) is 52.5 Å². The van der Waals surface area contributed by atoms with Crippen molar-refractivity contribution in [2.24, 2.45) is 0 Å². The number of hydrogen-bond donors (Lipinski definition) is 2. The van der Waals surface area contributed by atoms with E-state index in [1.807, 2.05) is 24.5 Å². The topological polar surface area (TPSA) is 40.7 Å². The fourth-order valence-electron chi connectivity index (χ4n) is 2.30. The zero-order chi connectivity index (χ0) is 13.1. The summed E-state index contributed by atoms with van der Waals surface area (Å²) in [5.74, 6) is 0. The van der Waals surface area contributed by atoms with Crippen molar-refractivity contribution >= 4 is 10.9 Å². The maximum Gasteiger partial charge on any atom is 0.0570 e. The molecule has 3 rings (SSSR count). The van der Waals surface area contributed by atoms with E-state index in [1.165, 1.54) is 16.5 Å². The minimum absolute atomic E-state index is 0.246. The molecular weight excluding hydrogens is 234 g/mol. The molecule has 0 unspecified atom stereocenters. The average molecular weight is 251 g/mol. The third-order valence-corrected chi connectivity index (χ3v) is 3.42. The summed E-state index contributed by atoms with van der Waals surface area (Å²) in [7, 11) is 0. The van der Waals surface area contributed by atoms with E-state index in [1.54, 1.807) is 0 Å². The Bertz CT molecular complexity index is 658. The van der Waals surface area contributed by atoms with Crippen molar-refractivity contribution in [1.82, 2.24) is 15.3 Å². The van der Waals surface area contributed by atoms with E-state index >= 15 is 0 Å². The van der Waals surface area contributed by atoms with E-state index < -0.39 is 0 Å². The largest absolute Gasteiger partial charge is 0.361 e. The van der Waals surface area contributed by atoms with Gasteiger partial charge in [-0.25, -0.2) is 0 Å². The minimum atomic E-state index is 0.246. The van der Waals surface area contributed by atoms with Gasteiger partial charge in [0.25, 0.3) is 0 Å². The summed E-state index contributed by atoms with van der Waals surface area (Å²) in [6.07, 6.45) is 3.82. The standard InChI is InChI=1S/C16H17N3/c1-12(15-6-2-3-9-17-15)19-11-13-5-4-7-16-14(13)8-10-18-16/h2-10,12,18-19H,11H2,1H3/t12-/m1/s1. The van der Waals surface area contributed by atoms with Gasteiger partial charge in [0.05, 0.1) is 5.69 Å². The molecule has 0 amide bonds. The van der Waals surface area contributed by atoms with Crippen molar-refractivity contribution in [3.63, 3.8) is 0 Å². The summed E-state index contributed by atoms with van der Waals surface area (Å²) in [5.41, 5.74) is 3.56. The molecule has 19 heavy (non-hydrogen) atoms. The molecular formula is C16H17N3. The first-order valence-electron chi connectivity index (χ1n) is 6.54. The average Bonchev–Trinajstić information content (AvgIpc) is 2.94. The SMILES string of the molecule is C[C@@H](NCc1cccc2[nH]ccc12)c1ccccn1. The van der Waals surface area contributed by atoms with Gasteiger partial charge < -0.3 is 10.3 Å². The van der Waals surface area contributed by atoms with Gasteiger partial charge in [-0.1, -0.05) is 18.2 Å². The smallest absolute Gasteiger partial charge is 0.0570 e. The van der Waals surface area contributed by atoms with E-state index in [-0.39, 0.29) is 6.04 Å². The first kappa shape index (κ1) is 11.9. The van der Waals surface area contributed by atoms with Crippen LogP contribution in [0.2, 0.25) is 0 Å². The molecule has 2 N–H and O–H groups in total. The maximum atomic E-state index is 4.37. The van der Waals surface area contributed by atoms with E-state index in [0.717, 1.165) is 12.2 Å². The highest BCUT2D eigenvalue weighted by atomic mass is 14.9. The molecule has 0 saturated heterocycles. The van der Waals surface area contributed by atoms with Crippen molar-refractivity contribution in [2.45, 2.75) is 19.5 Å². The molecule has 3 nitrogen and oxygen atoms in total. The summed E-state index contributed by atoms with van der Waals surface area (Å²) in [6.45, 7) is 2.98. The fraction of sp³-hybridized carbons (Fsp3) is 0.188. The number of benzene rings is 1. The quantitative estimate of drug-likeness (QED) is 0.746. The van der Waals surface area contributed by atoms with Crippen molar-refractivity contribution in [2.75, 3.05) is 0 Å². The van der Waals surface area contributed by atoms with Crippen LogP contribution in [0.4, 0.5) is 0 Å². The number of pyridine rings is 1. The van der Waals surface area contributed by atoms with Crippen LogP contribution < -0.4 is 5.32 Å². The lowest BCUT2D eigenvalue weighted by atomic mass is 10.1. The van der Waals surface area contributed by atoms with Gasteiger partial charge in [-0.2, -0.15) is 0 Å². The molecule has 0 bridgehead atoms. The molecule has 0 fully saturated rings. The predicted molar refractivity (Wildman–Crippen MR) is 77.8 cm³/mol. The van der Waals surface area contributed by atoms with Crippen molar-refractivity contribution in [1.29, 1.82) is 0 Å². The Labute approximate surface area is 112 Å². The lowest BCUT2D eigenvalue weighted by molar-refractivity contribution is 0.563. The normalized spacial score (nSPS) is 12.7. The second-order valence-corrected chi connectivity index (χ2v) is 4.71. The molecule has 96 valence electrons. The second-order valence-electron chi connectivity index (χ2n) is 4.71. The van der Waals surface area contributed by atoms with Gasteiger partial charge in [-0.15, -0.1) is 0 Å². The van der Waals surface area contributed by atoms with Gasteiger partial charge in [0.1, 0.15) is 0 Å². The molecule has 0 aliphatic rings. The molecule has 3 heteroatoms. The molecule has 0 aliphatic heterocycles.